The molecule has 0 aliphatic rings. The van der Waals surface area contributed by atoms with E-state index in [0.717, 1.165) is 8.78 Å². The van der Waals surface area contributed by atoms with Gasteiger partial charge < -0.3 is 10.2 Å². The smallest absolute Gasteiger partial charge is 0.264 e. The minimum atomic E-state index is -4.14. The van der Waals surface area contributed by atoms with Crippen LogP contribution in [0, 0.1) is 5.92 Å². The van der Waals surface area contributed by atoms with Crippen LogP contribution in [0.15, 0.2) is 82.2 Å². The lowest BCUT2D eigenvalue weighted by Crippen LogP contribution is -2.52. The van der Waals surface area contributed by atoms with E-state index in [-0.39, 0.29) is 23.3 Å². The molecule has 3 aromatic carbocycles. The van der Waals surface area contributed by atoms with E-state index in [0.29, 0.717) is 34.3 Å². The fourth-order valence-electron chi connectivity index (χ4n) is 4.05. The summed E-state index contributed by atoms with van der Waals surface area (Å²) < 4.78 is 29.4. The van der Waals surface area contributed by atoms with Crippen LogP contribution in [0.4, 0.5) is 5.69 Å². The van der Waals surface area contributed by atoms with E-state index in [9.17, 15) is 18.0 Å². The number of halogens is 3. The van der Waals surface area contributed by atoms with Crippen molar-refractivity contribution in [3.05, 3.63) is 92.9 Å². The number of carbonyl (C=O) groups excluding carboxylic acids is 2. The maximum absolute atomic E-state index is 14.1. The highest BCUT2D eigenvalue weighted by Gasteiger charge is 2.34. The lowest BCUT2D eigenvalue weighted by Gasteiger charge is -2.33. The van der Waals surface area contributed by atoms with Gasteiger partial charge in [0.05, 0.1) is 10.6 Å². The molecule has 0 heterocycles. The number of sulfonamides is 1. The van der Waals surface area contributed by atoms with Gasteiger partial charge in [0.25, 0.3) is 10.0 Å². The molecule has 11 heteroatoms. The molecule has 0 aliphatic carbocycles. The third kappa shape index (κ3) is 8.00. The molecule has 7 nitrogen and oxygen atoms in total. The number of hydrogen-bond donors (Lipinski definition) is 1. The van der Waals surface area contributed by atoms with Crippen LogP contribution < -0.4 is 9.62 Å². The van der Waals surface area contributed by atoms with Gasteiger partial charge in [-0.3, -0.25) is 13.9 Å². The highest BCUT2D eigenvalue weighted by atomic mass is 79.9. The monoisotopic (exact) mass is 667 g/mol. The molecule has 3 aromatic rings. The second kappa shape index (κ2) is 14.3. The van der Waals surface area contributed by atoms with Gasteiger partial charge in [-0.1, -0.05) is 84.2 Å². The van der Waals surface area contributed by atoms with Gasteiger partial charge in [0.15, 0.2) is 0 Å². The second-order valence-corrected chi connectivity index (χ2v) is 13.2. The summed E-state index contributed by atoms with van der Waals surface area (Å²) in [6, 6.07) is 18.6. The topological polar surface area (TPSA) is 86.8 Å². The third-order valence-electron chi connectivity index (χ3n) is 6.19. The predicted octanol–water partition coefficient (Wildman–Crippen LogP) is 6.53. The van der Waals surface area contributed by atoms with Crippen LogP contribution >= 0.6 is 39.1 Å². The van der Waals surface area contributed by atoms with Crippen LogP contribution in [-0.4, -0.2) is 44.3 Å². The first-order chi connectivity index (χ1) is 18.9. The number of carbonyl (C=O) groups is 2. The molecule has 0 radical (unpaired) electrons. The second-order valence-electron chi connectivity index (χ2n) is 9.59. The Balaban J connectivity index is 2.07. The molecule has 40 heavy (non-hydrogen) atoms. The van der Waals surface area contributed by atoms with Gasteiger partial charge in [0.1, 0.15) is 12.6 Å². The van der Waals surface area contributed by atoms with Crippen molar-refractivity contribution in [2.45, 2.75) is 44.7 Å². The fraction of sp³-hybridized carbons (Fsp3) is 0.310. The number of nitrogens with one attached hydrogen (secondary N) is 1. The molecule has 3 rings (SSSR count). The Morgan fingerprint density at radius 2 is 1.52 bits per heavy atom. The fourth-order valence-corrected chi connectivity index (χ4v) is 6.27. The lowest BCUT2D eigenvalue weighted by molar-refractivity contribution is -0.140. The van der Waals surface area contributed by atoms with E-state index in [1.165, 1.54) is 17.0 Å². The number of nitrogens with zero attached hydrogens (tertiary/aromatic N) is 2. The number of amides is 2. The summed E-state index contributed by atoms with van der Waals surface area (Å²) >= 11 is 16.3. The summed E-state index contributed by atoms with van der Waals surface area (Å²) in [5, 5.41) is 3.57. The van der Waals surface area contributed by atoms with Crippen molar-refractivity contribution in [1.29, 1.82) is 0 Å². The van der Waals surface area contributed by atoms with Crippen LogP contribution in [0.3, 0.4) is 0 Å². The standard InChI is InChI=1S/C29H32BrCl2N3O4S/c1-4-27(29(37)33-17-20(2)3)34(18-24-25(31)11-8-12-26(24)32)28(36)19-35(22-15-13-21(30)14-16-22)40(38,39)23-9-6-5-7-10-23/h5-16,20,27H,4,17-19H2,1-3H3,(H,33,37). The van der Waals surface area contributed by atoms with Gasteiger partial charge in [0, 0.05) is 33.2 Å². The normalized spacial score (nSPS) is 12.2. The molecule has 1 unspecified atom stereocenters. The molecule has 0 aromatic heterocycles. The molecule has 0 bridgehead atoms. The summed E-state index contributed by atoms with van der Waals surface area (Å²) in [5.74, 6) is -0.716. The summed E-state index contributed by atoms with van der Waals surface area (Å²) in [7, 11) is -4.14. The van der Waals surface area contributed by atoms with Crippen molar-refractivity contribution in [3.63, 3.8) is 0 Å². The summed E-state index contributed by atoms with van der Waals surface area (Å²) in [6.45, 7) is 5.54. The minimum Gasteiger partial charge on any atom is -0.354 e. The summed E-state index contributed by atoms with van der Waals surface area (Å²) in [5.41, 5.74) is 0.767. The number of rotatable bonds is 12. The molecule has 0 saturated carbocycles. The van der Waals surface area contributed by atoms with Gasteiger partial charge in [-0.25, -0.2) is 8.42 Å². The van der Waals surface area contributed by atoms with Gasteiger partial charge in [-0.2, -0.15) is 0 Å². The third-order valence-corrected chi connectivity index (χ3v) is 9.21. The zero-order valence-corrected chi connectivity index (χ0v) is 26.4. The first kappa shape index (κ1) is 31.9. The molecule has 1 atom stereocenters. The number of hydrogen-bond acceptors (Lipinski definition) is 4. The van der Waals surface area contributed by atoms with E-state index < -0.39 is 28.5 Å². The van der Waals surface area contributed by atoms with Crippen LogP contribution in [0.5, 0.6) is 0 Å². The van der Waals surface area contributed by atoms with Gasteiger partial charge >= 0.3 is 0 Å². The first-order valence-corrected chi connectivity index (χ1v) is 15.8. The zero-order chi connectivity index (χ0) is 29.4. The van der Waals surface area contributed by atoms with Crippen LogP contribution in [-0.2, 0) is 26.2 Å². The average molecular weight is 669 g/mol. The van der Waals surface area contributed by atoms with E-state index >= 15 is 0 Å². The van der Waals surface area contributed by atoms with Gasteiger partial charge in [0.2, 0.25) is 11.8 Å². The predicted molar refractivity (Wildman–Crippen MR) is 164 cm³/mol. The number of anilines is 1. The zero-order valence-electron chi connectivity index (χ0n) is 22.5. The van der Waals surface area contributed by atoms with Crippen LogP contribution in [0.25, 0.3) is 0 Å². The SMILES string of the molecule is CCC(C(=O)NCC(C)C)N(Cc1c(Cl)cccc1Cl)C(=O)CN(c1ccc(Br)cc1)S(=O)(=O)c1ccccc1. The van der Waals surface area contributed by atoms with Crippen molar-refractivity contribution in [2.24, 2.45) is 5.92 Å². The minimum absolute atomic E-state index is 0.0353. The van der Waals surface area contributed by atoms with Crippen LogP contribution in [0.1, 0.15) is 32.8 Å². The molecule has 0 aliphatic heterocycles. The molecule has 214 valence electrons. The maximum Gasteiger partial charge on any atom is 0.264 e. The number of benzene rings is 3. The van der Waals surface area contributed by atoms with Crippen molar-refractivity contribution >= 4 is 66.7 Å². The molecule has 2 amide bonds. The Hall–Kier alpha value is -2.59. The maximum atomic E-state index is 14.1. The van der Waals surface area contributed by atoms with Gasteiger partial charge in [-0.15, -0.1) is 0 Å². The Bertz CT molecular complexity index is 1400. The Kier molecular flexibility index (Phi) is 11.5. The van der Waals surface area contributed by atoms with Crippen molar-refractivity contribution in [2.75, 3.05) is 17.4 Å². The Labute approximate surface area is 254 Å². The lowest BCUT2D eigenvalue weighted by atomic mass is 10.1. The molecule has 0 spiro atoms. The van der Waals surface area contributed by atoms with Gasteiger partial charge in [-0.05, 0) is 60.9 Å². The van der Waals surface area contributed by atoms with Crippen LogP contribution in [0.2, 0.25) is 10.0 Å². The molecule has 1 N–H and O–H groups in total. The quantitative estimate of drug-likeness (QED) is 0.238. The Morgan fingerprint density at radius 3 is 2.08 bits per heavy atom. The average Bonchev–Trinajstić information content (AvgIpc) is 2.92. The molecule has 0 fully saturated rings. The van der Waals surface area contributed by atoms with E-state index in [2.05, 4.69) is 21.2 Å². The molecule has 0 saturated heterocycles. The molecular weight excluding hydrogens is 637 g/mol. The molecular formula is C29H32BrCl2N3O4S. The van der Waals surface area contributed by atoms with Crippen molar-refractivity contribution in [3.8, 4) is 0 Å². The first-order valence-electron chi connectivity index (χ1n) is 12.8. The largest absolute Gasteiger partial charge is 0.354 e. The highest BCUT2D eigenvalue weighted by Crippen LogP contribution is 2.29. The van der Waals surface area contributed by atoms with E-state index in [1.54, 1.807) is 67.6 Å². The van der Waals surface area contributed by atoms with Crippen molar-refractivity contribution in [1.82, 2.24) is 10.2 Å². The summed E-state index contributed by atoms with van der Waals surface area (Å²) in [4.78, 5) is 28.8. The van der Waals surface area contributed by atoms with E-state index in [1.807, 2.05) is 13.8 Å². The Morgan fingerprint density at radius 1 is 0.925 bits per heavy atom. The van der Waals surface area contributed by atoms with Crippen molar-refractivity contribution < 1.29 is 18.0 Å². The van der Waals surface area contributed by atoms with E-state index in [4.69, 9.17) is 23.2 Å². The summed E-state index contributed by atoms with van der Waals surface area (Å²) in [6.07, 6.45) is 0.293. The highest BCUT2D eigenvalue weighted by molar-refractivity contribution is 9.10.